The van der Waals surface area contributed by atoms with Gasteiger partial charge in [-0.15, -0.1) is 0 Å². The summed E-state index contributed by atoms with van der Waals surface area (Å²) < 4.78 is 0. The van der Waals surface area contributed by atoms with Gasteiger partial charge in [-0.05, 0) is 59.4 Å². The first kappa shape index (κ1) is 19.4. The number of rotatable bonds is 11. The number of carbonyl (C=O) groups excluding carboxylic acids is 1. The van der Waals surface area contributed by atoms with Crippen molar-refractivity contribution < 1.29 is 4.79 Å². The molecule has 4 N–H and O–H groups in total. The molecule has 0 aliphatic rings. The van der Waals surface area contributed by atoms with Crippen molar-refractivity contribution >= 4 is 5.91 Å². The van der Waals surface area contributed by atoms with E-state index in [-0.39, 0.29) is 6.04 Å². The molecule has 0 aromatic carbocycles. The van der Waals surface area contributed by atoms with Gasteiger partial charge < -0.3 is 21.3 Å². The van der Waals surface area contributed by atoms with Gasteiger partial charge in [-0.3, -0.25) is 4.79 Å². The molecule has 2 unspecified atom stereocenters. The van der Waals surface area contributed by atoms with Crippen LogP contribution in [0.25, 0.3) is 0 Å². The van der Waals surface area contributed by atoms with Crippen LogP contribution in [0.3, 0.4) is 0 Å². The Morgan fingerprint density at radius 1 is 1.15 bits per heavy atom. The van der Waals surface area contributed by atoms with Gasteiger partial charge in [0.1, 0.15) is 0 Å². The summed E-state index contributed by atoms with van der Waals surface area (Å²) in [5, 5.41) is 0. The summed E-state index contributed by atoms with van der Waals surface area (Å²) in [5.74, 6) is -0.427. The summed E-state index contributed by atoms with van der Waals surface area (Å²) in [6.07, 6.45) is 1.74. The predicted molar refractivity (Wildman–Crippen MR) is 85.5 cm³/mol. The van der Waals surface area contributed by atoms with Crippen LogP contribution in [0, 0.1) is 0 Å². The van der Waals surface area contributed by atoms with Gasteiger partial charge in [0.2, 0.25) is 5.91 Å². The average molecular weight is 286 g/mol. The van der Waals surface area contributed by atoms with Crippen LogP contribution in [0.1, 0.15) is 47.5 Å². The first-order valence-corrected chi connectivity index (χ1v) is 7.83. The maximum Gasteiger partial charge on any atom is 0.237 e. The second kappa shape index (κ2) is 9.32. The lowest BCUT2D eigenvalue weighted by Crippen LogP contribution is -2.53. The summed E-state index contributed by atoms with van der Waals surface area (Å²) in [5.41, 5.74) is 10.4. The van der Waals surface area contributed by atoms with E-state index < -0.39 is 11.4 Å². The number of carbonyl (C=O) groups is 1. The van der Waals surface area contributed by atoms with Crippen LogP contribution in [0.4, 0.5) is 0 Å². The molecule has 0 saturated heterocycles. The summed E-state index contributed by atoms with van der Waals surface area (Å²) >= 11 is 0. The fraction of sp³-hybridized carbons (Fsp3) is 0.933. The van der Waals surface area contributed by atoms with Crippen molar-refractivity contribution in [1.29, 1.82) is 0 Å². The molecular formula is C15H34N4O. The van der Waals surface area contributed by atoms with E-state index in [1.165, 1.54) is 0 Å². The normalized spacial score (nSPS) is 16.4. The second-order valence-corrected chi connectivity index (χ2v) is 5.84. The van der Waals surface area contributed by atoms with Crippen LogP contribution in [0.2, 0.25) is 0 Å². The monoisotopic (exact) mass is 286 g/mol. The van der Waals surface area contributed by atoms with Gasteiger partial charge in [-0.25, -0.2) is 0 Å². The number of primary amides is 1. The Morgan fingerprint density at radius 3 is 2.10 bits per heavy atom. The van der Waals surface area contributed by atoms with Gasteiger partial charge >= 0.3 is 0 Å². The van der Waals surface area contributed by atoms with Gasteiger partial charge in [0.15, 0.2) is 0 Å². The van der Waals surface area contributed by atoms with Gasteiger partial charge in [-0.1, -0.05) is 20.8 Å². The summed E-state index contributed by atoms with van der Waals surface area (Å²) in [7, 11) is 0. The van der Waals surface area contributed by atoms with E-state index in [2.05, 4.69) is 37.5 Å². The van der Waals surface area contributed by atoms with E-state index in [0.717, 1.165) is 39.1 Å². The Hall–Kier alpha value is -0.650. The highest BCUT2D eigenvalue weighted by Gasteiger charge is 2.29. The zero-order valence-corrected chi connectivity index (χ0v) is 14.0. The standard InChI is InChI=1S/C15H34N4O/c1-6-18(7-2)10-9-11-19(8-3)13(4)12-15(5,17)14(16)20/h13H,6-12,17H2,1-5H3,(H2,16,20). The second-order valence-electron chi connectivity index (χ2n) is 5.84. The summed E-state index contributed by atoms with van der Waals surface area (Å²) in [6, 6.07) is 0.263. The number of nitrogens with two attached hydrogens (primary N) is 2. The lowest BCUT2D eigenvalue weighted by molar-refractivity contribution is -0.123. The van der Waals surface area contributed by atoms with E-state index in [0.29, 0.717) is 6.42 Å². The van der Waals surface area contributed by atoms with Crippen LogP contribution in [0.5, 0.6) is 0 Å². The maximum atomic E-state index is 11.3. The van der Waals surface area contributed by atoms with Crippen molar-refractivity contribution in [3.8, 4) is 0 Å². The van der Waals surface area contributed by atoms with Crippen LogP contribution < -0.4 is 11.5 Å². The van der Waals surface area contributed by atoms with Crippen molar-refractivity contribution in [1.82, 2.24) is 9.80 Å². The number of amides is 1. The lowest BCUT2D eigenvalue weighted by atomic mass is 9.93. The maximum absolute atomic E-state index is 11.3. The minimum atomic E-state index is -0.925. The molecule has 0 aliphatic heterocycles. The zero-order chi connectivity index (χ0) is 15.8. The van der Waals surface area contributed by atoms with E-state index in [1.54, 1.807) is 6.92 Å². The van der Waals surface area contributed by atoms with Gasteiger partial charge in [0.25, 0.3) is 0 Å². The van der Waals surface area contributed by atoms with Crippen LogP contribution in [0.15, 0.2) is 0 Å². The smallest absolute Gasteiger partial charge is 0.237 e. The molecule has 2 atom stereocenters. The van der Waals surface area contributed by atoms with Crippen molar-refractivity contribution in [2.45, 2.75) is 59.0 Å². The van der Waals surface area contributed by atoms with Crippen molar-refractivity contribution in [2.75, 3.05) is 32.7 Å². The van der Waals surface area contributed by atoms with Crippen molar-refractivity contribution in [2.24, 2.45) is 11.5 Å². The molecule has 0 radical (unpaired) electrons. The molecule has 0 rings (SSSR count). The van der Waals surface area contributed by atoms with Crippen molar-refractivity contribution in [3.05, 3.63) is 0 Å². The Morgan fingerprint density at radius 2 is 1.70 bits per heavy atom. The third kappa shape index (κ3) is 6.68. The Labute approximate surface area is 124 Å². The Bertz CT molecular complexity index is 277. The number of hydrogen-bond donors (Lipinski definition) is 2. The predicted octanol–water partition coefficient (Wildman–Crippen LogP) is 1.02. The molecule has 5 heteroatoms. The molecule has 0 aliphatic carbocycles. The van der Waals surface area contributed by atoms with Crippen LogP contribution >= 0.6 is 0 Å². The first-order chi connectivity index (χ1) is 9.28. The quantitative estimate of drug-likeness (QED) is 0.594. The van der Waals surface area contributed by atoms with E-state index in [9.17, 15) is 4.79 Å². The first-order valence-electron chi connectivity index (χ1n) is 7.83. The lowest BCUT2D eigenvalue weighted by Gasteiger charge is -2.33. The molecule has 20 heavy (non-hydrogen) atoms. The minimum absolute atomic E-state index is 0.263. The molecule has 0 fully saturated rings. The molecule has 0 aromatic rings. The topological polar surface area (TPSA) is 75.6 Å². The molecular weight excluding hydrogens is 252 g/mol. The third-order valence-corrected chi connectivity index (χ3v) is 4.13. The van der Waals surface area contributed by atoms with Gasteiger partial charge in [0.05, 0.1) is 5.54 Å². The van der Waals surface area contributed by atoms with E-state index in [1.807, 2.05) is 0 Å². The Kier molecular flexibility index (Phi) is 9.01. The van der Waals surface area contributed by atoms with Crippen molar-refractivity contribution in [3.63, 3.8) is 0 Å². The summed E-state index contributed by atoms with van der Waals surface area (Å²) in [6.45, 7) is 15.7. The molecule has 0 saturated carbocycles. The SMILES string of the molecule is CCN(CC)CCCN(CC)C(C)CC(C)(N)C(N)=O. The van der Waals surface area contributed by atoms with Gasteiger partial charge in [-0.2, -0.15) is 0 Å². The fourth-order valence-corrected chi connectivity index (χ4v) is 2.57. The largest absolute Gasteiger partial charge is 0.368 e. The third-order valence-electron chi connectivity index (χ3n) is 4.13. The number of nitrogens with zero attached hydrogens (tertiary/aromatic N) is 2. The molecule has 0 aromatic heterocycles. The Balaban J connectivity index is 4.28. The highest BCUT2D eigenvalue weighted by atomic mass is 16.1. The molecule has 1 amide bonds. The summed E-state index contributed by atoms with van der Waals surface area (Å²) in [4.78, 5) is 16.1. The molecule has 0 heterocycles. The molecule has 0 spiro atoms. The molecule has 0 bridgehead atoms. The van der Waals surface area contributed by atoms with Gasteiger partial charge in [0, 0.05) is 6.04 Å². The highest BCUT2D eigenvalue weighted by Crippen LogP contribution is 2.14. The number of hydrogen-bond acceptors (Lipinski definition) is 4. The van der Waals surface area contributed by atoms with Crippen LogP contribution in [-0.4, -0.2) is 60.0 Å². The average Bonchev–Trinajstić information content (AvgIpc) is 2.38. The minimum Gasteiger partial charge on any atom is -0.368 e. The molecule has 120 valence electrons. The fourth-order valence-electron chi connectivity index (χ4n) is 2.57. The highest BCUT2D eigenvalue weighted by molar-refractivity contribution is 5.83. The zero-order valence-electron chi connectivity index (χ0n) is 14.0. The van der Waals surface area contributed by atoms with Crippen LogP contribution in [-0.2, 0) is 4.79 Å². The molecule has 5 nitrogen and oxygen atoms in total. The van der Waals surface area contributed by atoms with E-state index >= 15 is 0 Å². The van der Waals surface area contributed by atoms with E-state index in [4.69, 9.17) is 11.5 Å².